The zero-order chi connectivity index (χ0) is 12.9. The number of carbonyl (C=O) groups is 1. The molecular weight excluding hydrogens is 216 g/mol. The van der Waals surface area contributed by atoms with Crippen LogP contribution in [-0.4, -0.2) is 37.7 Å². The summed E-state index contributed by atoms with van der Waals surface area (Å²) in [5.74, 6) is 0.705. The lowest BCUT2D eigenvalue weighted by molar-refractivity contribution is -0.126. The maximum absolute atomic E-state index is 11.7. The van der Waals surface area contributed by atoms with Gasteiger partial charge in [-0.05, 0) is 39.2 Å². The van der Waals surface area contributed by atoms with E-state index in [1.54, 1.807) is 7.11 Å². The van der Waals surface area contributed by atoms with Crippen molar-refractivity contribution in [2.45, 2.75) is 51.7 Å². The minimum Gasteiger partial charge on any atom is -0.378 e. The number of hydrogen-bond donors (Lipinski definition) is 2. The third kappa shape index (κ3) is 5.04. The summed E-state index contributed by atoms with van der Waals surface area (Å²) in [6, 6.07) is 0.415. The van der Waals surface area contributed by atoms with E-state index in [9.17, 15) is 4.79 Å². The summed E-state index contributed by atoms with van der Waals surface area (Å²) in [6.07, 6.45) is 2.89. The summed E-state index contributed by atoms with van der Waals surface area (Å²) in [6.45, 7) is 7.87. The number of ether oxygens (including phenoxy) is 1. The quantitative estimate of drug-likeness (QED) is 0.764. The minimum atomic E-state index is -0.379. The van der Waals surface area contributed by atoms with Crippen molar-refractivity contribution in [1.82, 2.24) is 10.6 Å². The molecule has 0 aliphatic carbocycles. The van der Waals surface area contributed by atoms with Gasteiger partial charge in [-0.2, -0.15) is 0 Å². The molecule has 0 saturated carbocycles. The molecule has 0 bridgehead atoms. The van der Waals surface area contributed by atoms with E-state index < -0.39 is 0 Å². The number of rotatable bonds is 5. The Bertz CT molecular complexity index is 254. The second-order valence-electron chi connectivity index (χ2n) is 5.62. The van der Waals surface area contributed by atoms with Gasteiger partial charge < -0.3 is 15.4 Å². The first-order valence-electron chi connectivity index (χ1n) is 6.50. The molecule has 1 amide bonds. The lowest BCUT2D eigenvalue weighted by Gasteiger charge is -2.30. The summed E-state index contributed by atoms with van der Waals surface area (Å²) in [4.78, 5) is 11.7. The molecule has 0 aromatic heterocycles. The van der Waals surface area contributed by atoms with E-state index in [2.05, 4.69) is 17.6 Å². The Kier molecular flexibility index (Phi) is 5.40. The predicted molar refractivity (Wildman–Crippen MR) is 68.9 cm³/mol. The van der Waals surface area contributed by atoms with Gasteiger partial charge in [-0.15, -0.1) is 0 Å². The van der Waals surface area contributed by atoms with Gasteiger partial charge in [-0.25, -0.2) is 0 Å². The van der Waals surface area contributed by atoms with Crippen LogP contribution in [0.25, 0.3) is 0 Å². The molecule has 100 valence electrons. The van der Waals surface area contributed by atoms with Crippen LogP contribution in [0.1, 0.15) is 40.0 Å². The number of nitrogens with one attached hydrogen (secondary N) is 2. The zero-order valence-corrected chi connectivity index (χ0v) is 11.5. The highest BCUT2D eigenvalue weighted by Gasteiger charge is 2.24. The highest BCUT2D eigenvalue weighted by molar-refractivity contribution is 5.76. The number of carbonyl (C=O) groups excluding carboxylic acids is 1. The molecule has 4 nitrogen and oxygen atoms in total. The zero-order valence-electron chi connectivity index (χ0n) is 11.5. The molecule has 1 aliphatic rings. The van der Waals surface area contributed by atoms with Gasteiger partial charge in [-0.1, -0.05) is 6.92 Å². The first-order chi connectivity index (χ1) is 7.94. The Morgan fingerprint density at radius 3 is 2.82 bits per heavy atom. The van der Waals surface area contributed by atoms with E-state index in [1.807, 2.05) is 13.8 Å². The van der Waals surface area contributed by atoms with Gasteiger partial charge in [0.05, 0.1) is 12.0 Å². The van der Waals surface area contributed by atoms with Gasteiger partial charge in [0, 0.05) is 19.7 Å². The number of methoxy groups -OCH3 is 1. The Morgan fingerprint density at radius 2 is 2.24 bits per heavy atom. The van der Waals surface area contributed by atoms with E-state index in [-0.39, 0.29) is 11.5 Å². The fourth-order valence-electron chi connectivity index (χ4n) is 2.13. The Morgan fingerprint density at radius 1 is 1.53 bits per heavy atom. The van der Waals surface area contributed by atoms with Crippen LogP contribution < -0.4 is 10.6 Å². The van der Waals surface area contributed by atoms with Crippen molar-refractivity contribution in [3.05, 3.63) is 0 Å². The molecule has 2 N–H and O–H groups in total. The smallest absolute Gasteiger partial charge is 0.222 e. The highest BCUT2D eigenvalue weighted by atomic mass is 16.5. The van der Waals surface area contributed by atoms with Gasteiger partial charge in [0.25, 0.3) is 0 Å². The highest BCUT2D eigenvalue weighted by Crippen LogP contribution is 2.15. The molecule has 1 fully saturated rings. The summed E-state index contributed by atoms with van der Waals surface area (Å²) in [7, 11) is 1.64. The molecule has 1 saturated heterocycles. The molecule has 0 radical (unpaired) electrons. The maximum atomic E-state index is 11.7. The third-order valence-corrected chi connectivity index (χ3v) is 3.59. The number of amides is 1. The van der Waals surface area contributed by atoms with Crippen molar-refractivity contribution in [3.8, 4) is 0 Å². The normalized spacial score (nSPS) is 25.6. The molecule has 1 rings (SSSR count). The number of hydrogen-bond acceptors (Lipinski definition) is 3. The molecule has 0 spiro atoms. The van der Waals surface area contributed by atoms with E-state index in [0.717, 1.165) is 13.1 Å². The Balaban J connectivity index is 2.27. The monoisotopic (exact) mass is 242 g/mol. The predicted octanol–water partition coefficient (Wildman–Crippen LogP) is 1.31. The molecule has 0 aromatic rings. The number of piperidine rings is 1. The van der Waals surface area contributed by atoms with Crippen LogP contribution in [0, 0.1) is 5.92 Å². The second kappa shape index (κ2) is 6.36. The van der Waals surface area contributed by atoms with E-state index >= 15 is 0 Å². The van der Waals surface area contributed by atoms with Crippen molar-refractivity contribution in [3.63, 3.8) is 0 Å². The van der Waals surface area contributed by atoms with Crippen LogP contribution in [0.15, 0.2) is 0 Å². The van der Waals surface area contributed by atoms with Crippen LogP contribution >= 0.6 is 0 Å². The average Bonchev–Trinajstić information content (AvgIpc) is 2.27. The van der Waals surface area contributed by atoms with Gasteiger partial charge in [0.1, 0.15) is 0 Å². The first kappa shape index (κ1) is 14.5. The van der Waals surface area contributed by atoms with Gasteiger partial charge in [0.15, 0.2) is 0 Å². The molecule has 4 heteroatoms. The van der Waals surface area contributed by atoms with Crippen LogP contribution in [0.4, 0.5) is 0 Å². The van der Waals surface area contributed by atoms with E-state index in [1.165, 1.54) is 12.8 Å². The minimum absolute atomic E-state index is 0.0661. The second-order valence-corrected chi connectivity index (χ2v) is 5.62. The largest absolute Gasteiger partial charge is 0.378 e. The van der Waals surface area contributed by atoms with E-state index in [0.29, 0.717) is 18.4 Å². The van der Waals surface area contributed by atoms with Gasteiger partial charge >= 0.3 is 0 Å². The molecule has 1 aliphatic heterocycles. The fourth-order valence-corrected chi connectivity index (χ4v) is 2.13. The molecule has 0 aromatic carbocycles. The Labute approximate surface area is 104 Å². The third-order valence-electron chi connectivity index (χ3n) is 3.59. The summed E-state index contributed by atoms with van der Waals surface area (Å²) >= 11 is 0. The lowest BCUT2D eigenvalue weighted by atomic mass is 9.92. The molecular formula is C13H26N2O2. The van der Waals surface area contributed by atoms with Crippen molar-refractivity contribution < 1.29 is 9.53 Å². The summed E-state index contributed by atoms with van der Waals surface area (Å²) in [5, 5.41) is 6.45. The molecule has 2 unspecified atom stereocenters. The molecule has 17 heavy (non-hydrogen) atoms. The maximum Gasteiger partial charge on any atom is 0.222 e. The van der Waals surface area contributed by atoms with Crippen molar-refractivity contribution in [1.29, 1.82) is 0 Å². The van der Waals surface area contributed by atoms with Crippen LogP contribution in [0.5, 0.6) is 0 Å². The summed E-state index contributed by atoms with van der Waals surface area (Å²) in [5.41, 5.74) is -0.379. The Hall–Kier alpha value is -0.610. The molecule has 2 atom stereocenters. The fraction of sp³-hybridized carbons (Fsp3) is 0.923. The average molecular weight is 242 g/mol. The van der Waals surface area contributed by atoms with Crippen LogP contribution in [0.3, 0.4) is 0 Å². The van der Waals surface area contributed by atoms with Crippen LogP contribution in [-0.2, 0) is 9.53 Å². The standard InChI is InChI=1S/C13H26N2O2/c1-10-6-5-7-14-11(10)9-15-12(16)8-13(2,3)17-4/h10-11,14H,5-9H2,1-4H3,(H,15,16). The van der Waals surface area contributed by atoms with Gasteiger partial charge in [-0.3, -0.25) is 4.79 Å². The van der Waals surface area contributed by atoms with Crippen molar-refractivity contribution >= 4 is 5.91 Å². The van der Waals surface area contributed by atoms with Crippen LogP contribution in [0.2, 0.25) is 0 Å². The SMILES string of the molecule is COC(C)(C)CC(=O)NCC1NCCCC1C. The summed E-state index contributed by atoms with van der Waals surface area (Å²) < 4.78 is 5.24. The lowest BCUT2D eigenvalue weighted by Crippen LogP contribution is -2.48. The van der Waals surface area contributed by atoms with E-state index in [4.69, 9.17) is 4.74 Å². The van der Waals surface area contributed by atoms with Gasteiger partial charge in [0.2, 0.25) is 5.91 Å². The van der Waals surface area contributed by atoms with Crippen molar-refractivity contribution in [2.24, 2.45) is 5.92 Å². The van der Waals surface area contributed by atoms with Crippen molar-refractivity contribution in [2.75, 3.05) is 20.2 Å². The first-order valence-corrected chi connectivity index (χ1v) is 6.50. The molecule has 1 heterocycles. The topological polar surface area (TPSA) is 50.4 Å².